The van der Waals surface area contributed by atoms with Gasteiger partial charge in [-0.2, -0.15) is 12.2 Å². The van der Waals surface area contributed by atoms with Crippen molar-refractivity contribution < 1.29 is 16.8 Å². The SMILES string of the molecule is CC1=[C-]CC=C1C.CC1=[C-]CC=C1C.[Co+2]. The van der Waals surface area contributed by atoms with Crippen LogP contribution in [0, 0.1) is 12.2 Å². The second-order valence-electron chi connectivity index (χ2n) is 3.79. The van der Waals surface area contributed by atoms with Gasteiger partial charge in [-0.15, -0.1) is 26.7 Å². The summed E-state index contributed by atoms with van der Waals surface area (Å²) in [4.78, 5) is 0. The third-order valence-electron chi connectivity index (χ3n) is 2.73. The van der Waals surface area contributed by atoms with Gasteiger partial charge in [0.15, 0.2) is 0 Å². The minimum atomic E-state index is 0. The van der Waals surface area contributed by atoms with Crippen molar-refractivity contribution >= 4 is 0 Å². The van der Waals surface area contributed by atoms with Gasteiger partial charge < -0.3 is 0 Å². The Bertz CT molecular complexity index is 261. The van der Waals surface area contributed by atoms with E-state index in [9.17, 15) is 0 Å². The zero-order chi connectivity index (χ0) is 10.6. The first-order valence-corrected chi connectivity index (χ1v) is 5.10. The molecule has 0 aromatic rings. The molecule has 15 heavy (non-hydrogen) atoms. The topological polar surface area (TPSA) is 0 Å². The Kier molecular flexibility index (Phi) is 6.62. The molecule has 0 heterocycles. The van der Waals surface area contributed by atoms with Crippen LogP contribution in [0.3, 0.4) is 0 Å². The van der Waals surface area contributed by atoms with Gasteiger partial charge in [-0.25, -0.2) is 22.3 Å². The third-order valence-corrected chi connectivity index (χ3v) is 2.73. The molecule has 0 N–H and O–H groups in total. The van der Waals surface area contributed by atoms with Crippen LogP contribution >= 0.6 is 0 Å². The van der Waals surface area contributed by atoms with E-state index in [4.69, 9.17) is 0 Å². The molecule has 2 rings (SSSR count). The molecule has 1 radical (unpaired) electrons. The van der Waals surface area contributed by atoms with E-state index in [0.717, 1.165) is 12.8 Å². The van der Waals surface area contributed by atoms with E-state index in [-0.39, 0.29) is 16.8 Å². The molecule has 0 nitrogen and oxygen atoms in total. The van der Waals surface area contributed by atoms with Crippen LogP contribution in [0.5, 0.6) is 0 Å². The molecular weight excluding hydrogens is 227 g/mol. The fraction of sp³-hybridized carbons (Fsp3) is 0.429. The largest absolute Gasteiger partial charge is 2.00 e. The predicted molar refractivity (Wildman–Crippen MR) is 61.6 cm³/mol. The normalized spacial score (nSPS) is 17.9. The van der Waals surface area contributed by atoms with Crippen molar-refractivity contribution in [2.24, 2.45) is 0 Å². The van der Waals surface area contributed by atoms with Gasteiger partial charge in [-0.05, 0) is 0 Å². The van der Waals surface area contributed by atoms with E-state index >= 15 is 0 Å². The molecule has 0 aromatic carbocycles. The Morgan fingerprint density at radius 1 is 0.800 bits per heavy atom. The summed E-state index contributed by atoms with van der Waals surface area (Å²) in [6.45, 7) is 8.43. The molecule has 83 valence electrons. The van der Waals surface area contributed by atoms with Crippen LogP contribution in [0.2, 0.25) is 0 Å². The summed E-state index contributed by atoms with van der Waals surface area (Å²) in [5.41, 5.74) is 5.42. The quantitative estimate of drug-likeness (QED) is 0.562. The van der Waals surface area contributed by atoms with E-state index in [1.54, 1.807) is 0 Å². The van der Waals surface area contributed by atoms with Gasteiger partial charge in [0, 0.05) is 0 Å². The second kappa shape index (κ2) is 6.86. The standard InChI is InChI=1S/2C7H9.Co/c2*1-6-4-3-5-7(6)2;/h2*4H,3H2,1-2H3;/q2*-1;+2. The zero-order valence-electron chi connectivity index (χ0n) is 9.90. The molecule has 0 saturated heterocycles. The maximum atomic E-state index is 3.19. The molecule has 0 bridgehead atoms. The third kappa shape index (κ3) is 4.67. The van der Waals surface area contributed by atoms with Crippen LogP contribution in [0.15, 0.2) is 34.4 Å². The summed E-state index contributed by atoms with van der Waals surface area (Å²) in [5, 5.41) is 0. The Balaban J connectivity index is 0.000000245. The summed E-state index contributed by atoms with van der Waals surface area (Å²) < 4.78 is 0. The van der Waals surface area contributed by atoms with Gasteiger partial charge in [-0.3, -0.25) is 12.2 Å². The number of hydrogen-bond donors (Lipinski definition) is 0. The Morgan fingerprint density at radius 3 is 1.20 bits per heavy atom. The fourth-order valence-corrected chi connectivity index (χ4v) is 1.30. The van der Waals surface area contributed by atoms with Crippen LogP contribution in [0.1, 0.15) is 40.5 Å². The van der Waals surface area contributed by atoms with E-state index in [2.05, 4.69) is 52.0 Å². The van der Waals surface area contributed by atoms with Crippen LogP contribution in [-0.4, -0.2) is 0 Å². The van der Waals surface area contributed by atoms with E-state index in [1.807, 2.05) is 0 Å². The Labute approximate surface area is 104 Å². The summed E-state index contributed by atoms with van der Waals surface area (Å²) in [6.07, 6.45) is 12.8. The van der Waals surface area contributed by atoms with Crippen molar-refractivity contribution in [3.63, 3.8) is 0 Å². The smallest absolute Gasteiger partial charge is 0.270 e. The maximum absolute atomic E-state index is 3.19. The maximum Gasteiger partial charge on any atom is 2.00 e. The molecule has 0 unspecified atom stereocenters. The van der Waals surface area contributed by atoms with Gasteiger partial charge in [0.05, 0.1) is 0 Å². The molecule has 0 fully saturated rings. The molecule has 1 heteroatoms. The summed E-state index contributed by atoms with van der Waals surface area (Å²) >= 11 is 0. The first-order valence-electron chi connectivity index (χ1n) is 5.10. The van der Waals surface area contributed by atoms with Crippen LogP contribution in [0.25, 0.3) is 0 Å². The van der Waals surface area contributed by atoms with Gasteiger partial charge in [0.2, 0.25) is 0 Å². The Hall–Kier alpha value is -0.534. The molecule has 0 spiro atoms. The first-order chi connectivity index (χ1) is 6.61. The molecule has 2 aliphatic carbocycles. The molecule has 0 aromatic heterocycles. The minimum Gasteiger partial charge on any atom is -0.270 e. The predicted octanol–water partition coefficient (Wildman–Crippen LogP) is 4.17. The number of allylic oxidation sites excluding steroid dienone is 8. The van der Waals surface area contributed by atoms with Gasteiger partial charge in [0.1, 0.15) is 0 Å². The average Bonchev–Trinajstić information content (AvgIpc) is 2.67. The summed E-state index contributed by atoms with van der Waals surface area (Å²) in [5.74, 6) is 0. The van der Waals surface area contributed by atoms with Crippen molar-refractivity contribution in [3.05, 3.63) is 46.6 Å². The van der Waals surface area contributed by atoms with Crippen molar-refractivity contribution in [2.45, 2.75) is 40.5 Å². The van der Waals surface area contributed by atoms with Crippen molar-refractivity contribution in [3.8, 4) is 0 Å². The minimum absolute atomic E-state index is 0. The van der Waals surface area contributed by atoms with Gasteiger partial charge in [-0.1, -0.05) is 13.8 Å². The second-order valence-corrected chi connectivity index (χ2v) is 3.79. The first kappa shape index (κ1) is 14.5. The van der Waals surface area contributed by atoms with Gasteiger partial charge >= 0.3 is 16.8 Å². The fourth-order valence-electron chi connectivity index (χ4n) is 1.30. The van der Waals surface area contributed by atoms with Gasteiger partial charge in [0.25, 0.3) is 0 Å². The molecule has 0 amide bonds. The van der Waals surface area contributed by atoms with E-state index in [0.29, 0.717) is 0 Å². The molecule has 0 atom stereocenters. The summed E-state index contributed by atoms with van der Waals surface area (Å²) in [7, 11) is 0. The van der Waals surface area contributed by atoms with Crippen LogP contribution < -0.4 is 0 Å². The number of hydrogen-bond acceptors (Lipinski definition) is 0. The van der Waals surface area contributed by atoms with E-state index in [1.165, 1.54) is 22.3 Å². The summed E-state index contributed by atoms with van der Waals surface area (Å²) in [6, 6.07) is 0. The molecule has 2 aliphatic rings. The average molecular weight is 245 g/mol. The van der Waals surface area contributed by atoms with E-state index < -0.39 is 0 Å². The molecule has 0 saturated carbocycles. The van der Waals surface area contributed by atoms with Crippen LogP contribution in [0.4, 0.5) is 0 Å². The number of rotatable bonds is 0. The van der Waals surface area contributed by atoms with Crippen LogP contribution in [-0.2, 0) is 16.8 Å². The zero-order valence-corrected chi connectivity index (χ0v) is 10.9. The Morgan fingerprint density at radius 2 is 1.13 bits per heavy atom. The van der Waals surface area contributed by atoms with Crippen molar-refractivity contribution in [1.82, 2.24) is 0 Å². The molecular formula is C14H18Co. The van der Waals surface area contributed by atoms with Crippen molar-refractivity contribution in [1.29, 1.82) is 0 Å². The monoisotopic (exact) mass is 245 g/mol. The molecule has 0 aliphatic heterocycles. The van der Waals surface area contributed by atoms with Crippen molar-refractivity contribution in [2.75, 3.05) is 0 Å².